The van der Waals surface area contributed by atoms with Gasteiger partial charge in [-0.1, -0.05) is 20.4 Å². The van der Waals surface area contributed by atoms with E-state index < -0.39 is 0 Å². The first kappa shape index (κ1) is 14.8. The second-order valence-electron chi connectivity index (χ2n) is 4.68. The molecule has 0 aliphatic rings. The van der Waals surface area contributed by atoms with Gasteiger partial charge in [0.05, 0.1) is 6.04 Å². The third-order valence-electron chi connectivity index (χ3n) is 2.36. The highest BCUT2D eigenvalue weighted by Crippen LogP contribution is 2.13. The average molecular weight is 226 g/mol. The minimum Gasteiger partial charge on any atom is -0.390 e. The zero-order valence-electron chi connectivity index (χ0n) is 11.7. The van der Waals surface area contributed by atoms with Gasteiger partial charge in [0.1, 0.15) is 0 Å². The molecular formula is C12H26N4. The minimum atomic E-state index is 0.102. The highest BCUT2D eigenvalue weighted by molar-refractivity contribution is 5.79. The highest BCUT2D eigenvalue weighted by atomic mass is 15.3. The van der Waals surface area contributed by atoms with E-state index in [-0.39, 0.29) is 6.04 Å². The van der Waals surface area contributed by atoms with Crippen molar-refractivity contribution in [2.75, 3.05) is 35.2 Å². The van der Waals surface area contributed by atoms with E-state index in [9.17, 15) is 0 Å². The van der Waals surface area contributed by atoms with Crippen molar-refractivity contribution in [2.24, 2.45) is 10.9 Å². The lowest BCUT2D eigenvalue weighted by molar-refractivity contribution is 0.454. The van der Waals surface area contributed by atoms with E-state index in [0.29, 0.717) is 5.92 Å². The zero-order valence-corrected chi connectivity index (χ0v) is 11.7. The number of nitrogens with one attached hydrogen (secondary N) is 1. The Morgan fingerprint density at radius 2 is 1.56 bits per heavy atom. The molecule has 1 atom stereocenters. The summed E-state index contributed by atoms with van der Waals surface area (Å²) in [6.07, 6.45) is 0. The van der Waals surface area contributed by atoms with Crippen LogP contribution < -0.4 is 5.32 Å². The molecule has 16 heavy (non-hydrogen) atoms. The summed E-state index contributed by atoms with van der Waals surface area (Å²) >= 11 is 0. The first-order chi connectivity index (χ1) is 7.31. The molecule has 4 heteroatoms. The molecule has 0 spiro atoms. The van der Waals surface area contributed by atoms with Crippen LogP contribution in [0.2, 0.25) is 0 Å². The quantitative estimate of drug-likeness (QED) is 0.578. The highest BCUT2D eigenvalue weighted by Gasteiger charge is 2.17. The summed E-state index contributed by atoms with van der Waals surface area (Å²) in [5, 5.41) is 3.09. The Kier molecular flexibility index (Phi) is 5.93. The second kappa shape index (κ2) is 6.40. The van der Waals surface area contributed by atoms with Gasteiger partial charge in [-0.25, -0.2) is 4.99 Å². The van der Waals surface area contributed by atoms with Crippen molar-refractivity contribution in [3.05, 3.63) is 12.3 Å². The number of guanidine groups is 1. The fraction of sp³-hybridized carbons (Fsp3) is 0.750. The van der Waals surface area contributed by atoms with Crippen molar-refractivity contribution in [3.63, 3.8) is 0 Å². The fourth-order valence-corrected chi connectivity index (χ4v) is 1.53. The van der Waals surface area contributed by atoms with Gasteiger partial charge >= 0.3 is 0 Å². The molecule has 0 aromatic heterocycles. The van der Waals surface area contributed by atoms with Crippen LogP contribution in [0.3, 0.4) is 0 Å². The Morgan fingerprint density at radius 1 is 1.12 bits per heavy atom. The van der Waals surface area contributed by atoms with Crippen molar-refractivity contribution in [2.45, 2.75) is 19.9 Å². The Morgan fingerprint density at radius 3 is 1.81 bits per heavy atom. The lowest BCUT2D eigenvalue weighted by atomic mass is 10.0. The molecule has 0 aliphatic heterocycles. The van der Waals surface area contributed by atoms with Crippen LogP contribution in [0.4, 0.5) is 0 Å². The normalized spacial score (nSPS) is 12.0. The molecule has 0 fully saturated rings. The fourth-order valence-electron chi connectivity index (χ4n) is 1.53. The van der Waals surface area contributed by atoms with Crippen molar-refractivity contribution < 1.29 is 0 Å². The van der Waals surface area contributed by atoms with Gasteiger partial charge in [0.2, 0.25) is 0 Å². The van der Waals surface area contributed by atoms with Crippen LogP contribution in [0.15, 0.2) is 17.3 Å². The van der Waals surface area contributed by atoms with Gasteiger partial charge in [-0.05, 0) is 5.92 Å². The van der Waals surface area contributed by atoms with Crippen LogP contribution in [0, 0.1) is 5.92 Å². The molecule has 0 radical (unpaired) electrons. The van der Waals surface area contributed by atoms with Crippen LogP contribution in [-0.4, -0.2) is 57.0 Å². The van der Waals surface area contributed by atoms with Crippen molar-refractivity contribution in [1.82, 2.24) is 15.1 Å². The molecule has 94 valence electrons. The molecular weight excluding hydrogens is 200 g/mol. The molecule has 0 bridgehead atoms. The molecule has 0 saturated heterocycles. The Bertz CT molecular complexity index is 244. The van der Waals surface area contributed by atoms with E-state index in [0.717, 1.165) is 11.7 Å². The van der Waals surface area contributed by atoms with E-state index in [1.807, 2.05) is 45.0 Å². The molecule has 4 nitrogen and oxygen atoms in total. The summed E-state index contributed by atoms with van der Waals surface area (Å²) in [5.41, 5.74) is 0.955. The van der Waals surface area contributed by atoms with E-state index in [1.165, 1.54) is 0 Å². The van der Waals surface area contributed by atoms with Crippen LogP contribution in [0.5, 0.6) is 0 Å². The van der Waals surface area contributed by atoms with Gasteiger partial charge < -0.3 is 15.1 Å². The first-order valence-corrected chi connectivity index (χ1v) is 5.60. The Hall–Kier alpha value is -1.19. The van der Waals surface area contributed by atoms with E-state index in [1.54, 1.807) is 0 Å². The summed E-state index contributed by atoms with van der Waals surface area (Å²) < 4.78 is 0. The predicted molar refractivity (Wildman–Crippen MR) is 71.6 cm³/mol. The second-order valence-corrected chi connectivity index (χ2v) is 4.68. The van der Waals surface area contributed by atoms with Crippen molar-refractivity contribution in [1.29, 1.82) is 0 Å². The number of hydrogen-bond donors (Lipinski definition) is 1. The lowest BCUT2D eigenvalue weighted by Gasteiger charge is -2.27. The third kappa shape index (κ3) is 4.13. The molecule has 0 saturated carbocycles. The van der Waals surface area contributed by atoms with Gasteiger partial charge in [-0.3, -0.25) is 0 Å². The summed E-state index contributed by atoms with van der Waals surface area (Å²) in [5.74, 6) is 1.38. The SMILES string of the molecule is C=C(NC)[C@@H](N=C(N(C)C)N(C)C)C(C)C. The summed E-state index contributed by atoms with van der Waals surface area (Å²) in [6.45, 7) is 8.32. The van der Waals surface area contributed by atoms with Gasteiger partial charge in [0.15, 0.2) is 5.96 Å². The van der Waals surface area contributed by atoms with Gasteiger partial charge in [0.25, 0.3) is 0 Å². The van der Waals surface area contributed by atoms with E-state index in [2.05, 4.69) is 25.7 Å². The standard InChI is InChI=1S/C12H26N4/c1-9(2)11(10(3)13-4)14-12(15(5)6)16(7)8/h9,11,13H,3H2,1-2,4-8H3/t11-/m0/s1. The lowest BCUT2D eigenvalue weighted by Crippen LogP contribution is -2.38. The number of rotatable bonds is 4. The molecule has 0 unspecified atom stereocenters. The Balaban J connectivity index is 5.07. The molecule has 1 N–H and O–H groups in total. The molecule has 0 amide bonds. The van der Waals surface area contributed by atoms with Gasteiger partial charge in [-0.15, -0.1) is 0 Å². The minimum absolute atomic E-state index is 0.102. The predicted octanol–water partition coefficient (Wildman–Crippen LogP) is 1.22. The van der Waals surface area contributed by atoms with Gasteiger partial charge in [-0.2, -0.15) is 0 Å². The zero-order chi connectivity index (χ0) is 12.9. The largest absolute Gasteiger partial charge is 0.390 e. The number of likely N-dealkylation sites (N-methyl/N-ethyl adjacent to an activating group) is 1. The molecule has 0 aromatic rings. The molecule has 0 heterocycles. The summed E-state index contributed by atoms with van der Waals surface area (Å²) in [4.78, 5) is 8.78. The topological polar surface area (TPSA) is 30.9 Å². The van der Waals surface area contributed by atoms with E-state index in [4.69, 9.17) is 4.99 Å². The number of hydrogen-bond acceptors (Lipinski definition) is 2. The summed E-state index contributed by atoms with van der Waals surface area (Å²) in [6, 6.07) is 0.102. The van der Waals surface area contributed by atoms with Crippen LogP contribution in [-0.2, 0) is 0 Å². The van der Waals surface area contributed by atoms with Crippen LogP contribution in [0.1, 0.15) is 13.8 Å². The monoisotopic (exact) mass is 226 g/mol. The maximum Gasteiger partial charge on any atom is 0.196 e. The number of aliphatic imine (C=N–C) groups is 1. The summed E-state index contributed by atoms with van der Waals surface area (Å²) in [7, 11) is 9.88. The van der Waals surface area contributed by atoms with Crippen molar-refractivity contribution in [3.8, 4) is 0 Å². The molecule has 0 rings (SSSR count). The van der Waals surface area contributed by atoms with Crippen LogP contribution >= 0.6 is 0 Å². The average Bonchev–Trinajstić information content (AvgIpc) is 2.15. The maximum absolute atomic E-state index is 4.75. The maximum atomic E-state index is 4.75. The first-order valence-electron chi connectivity index (χ1n) is 5.60. The molecule has 0 aromatic carbocycles. The van der Waals surface area contributed by atoms with Crippen LogP contribution in [0.25, 0.3) is 0 Å². The Labute approximate surface area is 100 Å². The third-order valence-corrected chi connectivity index (χ3v) is 2.36. The van der Waals surface area contributed by atoms with Gasteiger partial charge in [0, 0.05) is 40.9 Å². The van der Waals surface area contributed by atoms with E-state index >= 15 is 0 Å². The number of nitrogens with zero attached hydrogens (tertiary/aromatic N) is 3. The van der Waals surface area contributed by atoms with Crippen molar-refractivity contribution >= 4 is 5.96 Å². The molecule has 0 aliphatic carbocycles. The smallest absolute Gasteiger partial charge is 0.196 e.